The third-order valence-corrected chi connectivity index (χ3v) is 2.09. The Morgan fingerprint density at radius 1 is 1.29 bits per heavy atom. The van der Waals surface area contributed by atoms with E-state index in [1.165, 1.54) is 24.3 Å². The molecular formula is C9H10N2O5S. The molecule has 7 nitrogen and oxygen atoms in total. The van der Waals surface area contributed by atoms with E-state index in [2.05, 4.69) is 5.14 Å². The van der Waals surface area contributed by atoms with E-state index >= 15 is 0 Å². The molecule has 17 heavy (non-hydrogen) atoms. The third-order valence-electron chi connectivity index (χ3n) is 1.62. The first-order valence-electron chi connectivity index (χ1n) is 4.42. The summed E-state index contributed by atoms with van der Waals surface area (Å²) >= 11 is 0. The first-order chi connectivity index (χ1) is 7.79. The van der Waals surface area contributed by atoms with Crippen molar-refractivity contribution < 1.29 is 22.7 Å². The maximum absolute atomic E-state index is 11.5. The van der Waals surface area contributed by atoms with Gasteiger partial charge in [0, 0.05) is 6.92 Å². The molecule has 8 heteroatoms. The van der Waals surface area contributed by atoms with Crippen molar-refractivity contribution in [1.29, 1.82) is 0 Å². The van der Waals surface area contributed by atoms with Crippen molar-refractivity contribution in [2.24, 2.45) is 5.14 Å². The summed E-state index contributed by atoms with van der Waals surface area (Å²) in [5, 5.41) is 4.66. The molecule has 1 rings (SSSR count). The number of hydrogen-bond acceptors (Lipinski definition) is 5. The molecule has 0 atom stereocenters. The van der Waals surface area contributed by atoms with Crippen molar-refractivity contribution in [2.75, 3.05) is 0 Å². The predicted octanol–water partition coefficient (Wildman–Crippen LogP) is -0.455. The van der Waals surface area contributed by atoms with Gasteiger partial charge in [0.05, 0.1) is 5.56 Å². The van der Waals surface area contributed by atoms with Gasteiger partial charge < -0.3 is 4.74 Å². The molecule has 0 unspecified atom stereocenters. The molecule has 0 saturated heterocycles. The van der Waals surface area contributed by atoms with E-state index < -0.39 is 22.1 Å². The number of para-hydroxylation sites is 1. The van der Waals surface area contributed by atoms with E-state index in [-0.39, 0.29) is 11.3 Å². The second-order valence-corrected chi connectivity index (χ2v) is 4.36. The monoisotopic (exact) mass is 258 g/mol. The van der Waals surface area contributed by atoms with E-state index in [9.17, 15) is 18.0 Å². The molecule has 0 radical (unpaired) electrons. The van der Waals surface area contributed by atoms with Gasteiger partial charge in [0.2, 0.25) is 0 Å². The number of ether oxygens (including phenoxy) is 1. The number of nitrogens with one attached hydrogen (secondary N) is 1. The molecule has 0 aliphatic rings. The van der Waals surface area contributed by atoms with Gasteiger partial charge in [-0.25, -0.2) is 9.86 Å². The van der Waals surface area contributed by atoms with Crippen LogP contribution in [-0.2, 0) is 15.0 Å². The van der Waals surface area contributed by atoms with E-state index in [0.717, 1.165) is 6.92 Å². The Balaban J connectivity index is 3.05. The van der Waals surface area contributed by atoms with Gasteiger partial charge in [0.25, 0.3) is 16.1 Å². The summed E-state index contributed by atoms with van der Waals surface area (Å²) in [5.74, 6) is -1.63. The molecule has 0 heterocycles. The van der Waals surface area contributed by atoms with Crippen molar-refractivity contribution in [3.05, 3.63) is 29.8 Å². The first kappa shape index (κ1) is 13.1. The molecule has 1 amide bonds. The van der Waals surface area contributed by atoms with Gasteiger partial charge in [0.15, 0.2) is 0 Å². The number of benzene rings is 1. The van der Waals surface area contributed by atoms with Crippen LogP contribution < -0.4 is 14.6 Å². The molecule has 1 aromatic rings. The maximum Gasteiger partial charge on any atom is 0.308 e. The van der Waals surface area contributed by atoms with Crippen LogP contribution in [0.15, 0.2) is 24.3 Å². The fourth-order valence-corrected chi connectivity index (χ4v) is 1.45. The normalized spacial score (nSPS) is 10.7. The number of amides is 1. The van der Waals surface area contributed by atoms with Gasteiger partial charge in [-0.3, -0.25) is 9.59 Å². The highest BCUT2D eigenvalue weighted by atomic mass is 32.2. The molecule has 0 aliphatic heterocycles. The zero-order valence-corrected chi connectivity index (χ0v) is 9.65. The predicted molar refractivity (Wildman–Crippen MR) is 58.3 cm³/mol. The number of carbonyl (C=O) groups excluding carboxylic acids is 2. The highest BCUT2D eigenvalue weighted by molar-refractivity contribution is 7.87. The van der Waals surface area contributed by atoms with Crippen LogP contribution in [-0.4, -0.2) is 20.3 Å². The molecule has 3 N–H and O–H groups in total. The zero-order valence-electron chi connectivity index (χ0n) is 8.84. The second kappa shape index (κ2) is 4.93. The van der Waals surface area contributed by atoms with Crippen LogP contribution in [0.1, 0.15) is 17.3 Å². The SMILES string of the molecule is CC(=O)Oc1ccccc1C(=O)NS(N)(=O)=O. The lowest BCUT2D eigenvalue weighted by Gasteiger charge is -2.07. The minimum Gasteiger partial charge on any atom is -0.426 e. The Hall–Kier alpha value is -1.93. The Morgan fingerprint density at radius 2 is 1.88 bits per heavy atom. The standard InChI is InChI=1S/C9H10N2O5S/c1-6(12)16-8-5-3-2-4-7(8)9(13)11-17(10,14)15/h2-5H,1H3,(H,11,13)(H2,10,14,15). The number of nitrogens with two attached hydrogens (primary N) is 1. The van der Waals surface area contributed by atoms with Crippen molar-refractivity contribution in [3.63, 3.8) is 0 Å². The fraction of sp³-hybridized carbons (Fsp3) is 0.111. The molecular weight excluding hydrogens is 248 g/mol. The summed E-state index contributed by atoms with van der Waals surface area (Å²) in [4.78, 5) is 22.3. The lowest BCUT2D eigenvalue weighted by Crippen LogP contribution is -2.36. The molecule has 0 aromatic heterocycles. The van der Waals surface area contributed by atoms with E-state index in [1.807, 2.05) is 0 Å². The van der Waals surface area contributed by atoms with Crippen molar-refractivity contribution >= 4 is 22.1 Å². The molecule has 0 aliphatic carbocycles. The Bertz CT molecular complexity index is 552. The van der Waals surface area contributed by atoms with Crippen molar-refractivity contribution in [2.45, 2.75) is 6.92 Å². The van der Waals surface area contributed by atoms with Gasteiger partial charge in [-0.2, -0.15) is 8.42 Å². The van der Waals surface area contributed by atoms with E-state index in [0.29, 0.717) is 0 Å². The molecule has 1 aromatic carbocycles. The summed E-state index contributed by atoms with van der Waals surface area (Å²) in [6, 6.07) is 5.69. The average molecular weight is 258 g/mol. The zero-order chi connectivity index (χ0) is 13.1. The molecule has 0 saturated carbocycles. The molecule has 0 fully saturated rings. The Labute approximate surface area is 97.7 Å². The highest BCUT2D eigenvalue weighted by Crippen LogP contribution is 2.17. The number of carbonyl (C=O) groups is 2. The lowest BCUT2D eigenvalue weighted by atomic mass is 10.2. The third kappa shape index (κ3) is 4.21. The van der Waals surface area contributed by atoms with E-state index in [1.54, 1.807) is 4.72 Å². The van der Waals surface area contributed by atoms with Crippen molar-refractivity contribution in [3.8, 4) is 5.75 Å². The van der Waals surface area contributed by atoms with Crippen LogP contribution in [0.3, 0.4) is 0 Å². The van der Waals surface area contributed by atoms with Crippen LogP contribution in [0.2, 0.25) is 0 Å². The minimum absolute atomic E-state index is 0.0406. The first-order valence-corrected chi connectivity index (χ1v) is 5.96. The average Bonchev–Trinajstić information content (AvgIpc) is 2.14. The summed E-state index contributed by atoms with van der Waals surface area (Å²) in [5.41, 5.74) is -0.100. The topological polar surface area (TPSA) is 116 Å². The largest absolute Gasteiger partial charge is 0.426 e. The number of rotatable bonds is 3. The van der Waals surface area contributed by atoms with Crippen molar-refractivity contribution in [1.82, 2.24) is 4.72 Å². The summed E-state index contributed by atoms with van der Waals surface area (Å²) in [6.07, 6.45) is 0. The smallest absolute Gasteiger partial charge is 0.308 e. The Kier molecular flexibility index (Phi) is 3.81. The van der Waals surface area contributed by atoms with Crippen LogP contribution in [0.5, 0.6) is 5.75 Å². The van der Waals surface area contributed by atoms with Gasteiger partial charge in [-0.1, -0.05) is 12.1 Å². The second-order valence-electron chi connectivity index (χ2n) is 3.07. The van der Waals surface area contributed by atoms with Gasteiger partial charge >= 0.3 is 5.97 Å². The van der Waals surface area contributed by atoms with Gasteiger partial charge in [0.1, 0.15) is 5.75 Å². The summed E-state index contributed by atoms with van der Waals surface area (Å²) in [6.45, 7) is 1.16. The maximum atomic E-state index is 11.5. The number of esters is 1. The molecule has 0 bridgehead atoms. The quantitative estimate of drug-likeness (QED) is 0.562. The fourth-order valence-electron chi connectivity index (χ4n) is 1.08. The number of hydrogen-bond donors (Lipinski definition) is 2. The molecule has 92 valence electrons. The van der Waals surface area contributed by atoms with Crippen LogP contribution in [0.25, 0.3) is 0 Å². The van der Waals surface area contributed by atoms with E-state index in [4.69, 9.17) is 4.74 Å². The van der Waals surface area contributed by atoms with Gasteiger partial charge in [-0.05, 0) is 12.1 Å². The lowest BCUT2D eigenvalue weighted by molar-refractivity contribution is -0.131. The van der Waals surface area contributed by atoms with Crippen LogP contribution in [0, 0.1) is 0 Å². The molecule has 0 spiro atoms. The van der Waals surface area contributed by atoms with Gasteiger partial charge in [-0.15, -0.1) is 0 Å². The minimum atomic E-state index is -4.16. The summed E-state index contributed by atoms with van der Waals surface area (Å²) < 4.78 is 27.7. The van der Waals surface area contributed by atoms with Crippen LogP contribution >= 0.6 is 0 Å². The highest BCUT2D eigenvalue weighted by Gasteiger charge is 2.16. The van der Waals surface area contributed by atoms with Crippen LogP contribution in [0.4, 0.5) is 0 Å². The Morgan fingerprint density at radius 3 is 2.41 bits per heavy atom. The summed E-state index contributed by atoms with van der Waals surface area (Å²) in [7, 11) is -4.16.